The van der Waals surface area contributed by atoms with Crippen LogP contribution in [0.25, 0.3) is 6.08 Å². The second-order valence-corrected chi connectivity index (χ2v) is 8.44. The maximum absolute atomic E-state index is 6.43. The third-order valence-corrected chi connectivity index (χ3v) is 6.65. The van der Waals surface area contributed by atoms with Gasteiger partial charge in [-0.1, -0.05) is 54.6 Å². The third kappa shape index (κ3) is 2.68. The highest BCUT2D eigenvalue weighted by molar-refractivity contribution is 7.16. The number of hydrogen-bond acceptors (Lipinski definition) is 3. The van der Waals surface area contributed by atoms with Crippen molar-refractivity contribution < 1.29 is 0 Å². The smallest absolute Gasteiger partial charge is 0.0936 e. The van der Waals surface area contributed by atoms with Crippen molar-refractivity contribution >= 4 is 22.4 Å². The van der Waals surface area contributed by atoms with E-state index < -0.39 is 0 Å². The summed E-state index contributed by atoms with van der Waals surface area (Å²) in [6, 6.07) is 10.8. The summed E-state index contributed by atoms with van der Waals surface area (Å²) in [5.41, 5.74) is 12.1. The molecule has 25 heavy (non-hydrogen) atoms. The molecule has 2 atom stereocenters. The number of allylic oxidation sites excluding steroid dienone is 5. The van der Waals surface area contributed by atoms with Crippen molar-refractivity contribution in [3.8, 4) is 0 Å². The highest BCUT2D eigenvalue weighted by atomic mass is 32.1. The summed E-state index contributed by atoms with van der Waals surface area (Å²) in [5, 5.41) is 0.993. The first-order valence-electron chi connectivity index (χ1n) is 9.01. The van der Waals surface area contributed by atoms with Gasteiger partial charge in [-0.15, -0.1) is 11.3 Å². The molecule has 0 saturated carbocycles. The number of hydrogen-bond donors (Lipinski definition) is 1. The molecule has 0 amide bonds. The van der Waals surface area contributed by atoms with Crippen molar-refractivity contribution in [3.05, 3.63) is 81.8 Å². The Hall–Kier alpha value is -2.10. The average molecular weight is 346 g/mol. The Morgan fingerprint density at radius 2 is 2.04 bits per heavy atom. The molecule has 0 fully saturated rings. The number of thiophene rings is 1. The van der Waals surface area contributed by atoms with Crippen LogP contribution in [0.3, 0.4) is 0 Å². The molecule has 0 radical (unpaired) electrons. The summed E-state index contributed by atoms with van der Waals surface area (Å²) < 4.78 is 0. The molecular formula is C22H22N2S. The maximum atomic E-state index is 6.43. The van der Waals surface area contributed by atoms with Crippen molar-refractivity contribution in [3.63, 3.8) is 0 Å². The van der Waals surface area contributed by atoms with Crippen LogP contribution in [0.4, 0.5) is 5.00 Å². The van der Waals surface area contributed by atoms with Crippen LogP contribution in [0.5, 0.6) is 0 Å². The van der Waals surface area contributed by atoms with Gasteiger partial charge in [0.2, 0.25) is 0 Å². The van der Waals surface area contributed by atoms with Crippen LogP contribution in [-0.4, -0.2) is 11.4 Å². The number of nitrogen functional groups attached to an aromatic ring is 1. The van der Waals surface area contributed by atoms with Crippen molar-refractivity contribution in [2.45, 2.75) is 25.4 Å². The number of benzene rings is 1. The lowest BCUT2D eigenvalue weighted by Crippen LogP contribution is -2.33. The number of nitrogens with zero attached hydrogens (tertiary/aromatic N) is 1. The fraction of sp³-hybridized carbons (Fsp3) is 0.273. The van der Waals surface area contributed by atoms with Crippen LogP contribution in [0.1, 0.15) is 33.9 Å². The Bertz CT molecular complexity index is 888. The van der Waals surface area contributed by atoms with E-state index >= 15 is 0 Å². The second kappa shape index (κ2) is 6.01. The Balaban J connectivity index is 1.50. The Labute approximate surface area is 153 Å². The van der Waals surface area contributed by atoms with Crippen LogP contribution in [-0.2, 0) is 13.1 Å². The number of fused-ring (bicyclic) bond motifs is 1. The highest BCUT2D eigenvalue weighted by Crippen LogP contribution is 2.47. The quantitative estimate of drug-likeness (QED) is 0.833. The zero-order chi connectivity index (χ0) is 16.8. The third-order valence-electron chi connectivity index (χ3n) is 5.61. The summed E-state index contributed by atoms with van der Waals surface area (Å²) in [5.74, 6) is 1.10. The minimum atomic E-state index is 0.524. The van der Waals surface area contributed by atoms with E-state index in [1.54, 1.807) is 11.3 Å². The van der Waals surface area contributed by atoms with E-state index in [0.717, 1.165) is 24.6 Å². The van der Waals surface area contributed by atoms with Gasteiger partial charge in [-0.05, 0) is 35.1 Å². The molecule has 5 rings (SSSR count). The first-order chi connectivity index (χ1) is 12.3. The molecule has 1 aliphatic heterocycles. The summed E-state index contributed by atoms with van der Waals surface area (Å²) in [4.78, 5) is 4.07. The lowest BCUT2D eigenvalue weighted by molar-refractivity contribution is 0.217. The predicted molar refractivity (Wildman–Crippen MR) is 106 cm³/mol. The lowest BCUT2D eigenvalue weighted by atomic mass is 9.83. The van der Waals surface area contributed by atoms with Crippen molar-refractivity contribution in [1.82, 2.24) is 4.90 Å². The summed E-state index contributed by atoms with van der Waals surface area (Å²) in [6.45, 7) is 3.17. The van der Waals surface area contributed by atoms with Gasteiger partial charge in [0.15, 0.2) is 0 Å². The first kappa shape index (κ1) is 15.2. The summed E-state index contributed by atoms with van der Waals surface area (Å²) >= 11 is 1.80. The fourth-order valence-corrected chi connectivity index (χ4v) is 5.69. The van der Waals surface area contributed by atoms with Gasteiger partial charge >= 0.3 is 0 Å². The standard InChI is InChI=1S/C22H22N2S/c23-22-19-11-17-9-5-4-8-16(17)10-18-13-24(14-20(25-22)21(18)19)12-15-6-2-1-3-7-15/h1-9,11,16,18H,10,12-14,23H2. The minimum absolute atomic E-state index is 0.524. The van der Waals surface area contributed by atoms with Gasteiger partial charge in [0.05, 0.1) is 5.00 Å². The highest BCUT2D eigenvalue weighted by Gasteiger charge is 2.34. The van der Waals surface area contributed by atoms with E-state index in [0.29, 0.717) is 11.8 Å². The molecule has 0 spiro atoms. The number of nitrogens with two attached hydrogens (primary N) is 1. The van der Waals surface area contributed by atoms with Gasteiger partial charge in [-0.2, -0.15) is 0 Å². The molecule has 0 bridgehead atoms. The van der Waals surface area contributed by atoms with E-state index in [1.807, 2.05) is 0 Å². The lowest BCUT2D eigenvalue weighted by Gasteiger charge is -2.34. The van der Waals surface area contributed by atoms with E-state index in [2.05, 4.69) is 65.6 Å². The largest absolute Gasteiger partial charge is 0.390 e. The molecule has 2 heterocycles. The maximum Gasteiger partial charge on any atom is 0.0936 e. The molecular weight excluding hydrogens is 324 g/mol. The molecule has 2 aliphatic carbocycles. The number of rotatable bonds is 2. The van der Waals surface area contributed by atoms with Crippen LogP contribution >= 0.6 is 11.3 Å². The van der Waals surface area contributed by atoms with Gasteiger partial charge in [-0.25, -0.2) is 0 Å². The van der Waals surface area contributed by atoms with Crippen LogP contribution in [0.2, 0.25) is 0 Å². The SMILES string of the molecule is Nc1sc2c3c1C=C1C=CC=CC1CC3CN(Cc1ccccc1)C2. The zero-order valence-electron chi connectivity index (χ0n) is 14.2. The molecule has 1 aromatic carbocycles. The topological polar surface area (TPSA) is 29.3 Å². The normalized spacial score (nSPS) is 24.4. The molecule has 2 aromatic rings. The van der Waals surface area contributed by atoms with E-state index in [-0.39, 0.29) is 0 Å². The molecule has 2 unspecified atom stereocenters. The van der Waals surface area contributed by atoms with Gasteiger partial charge in [0.25, 0.3) is 0 Å². The van der Waals surface area contributed by atoms with Crippen LogP contribution < -0.4 is 5.73 Å². The first-order valence-corrected chi connectivity index (χ1v) is 9.83. The Kier molecular flexibility index (Phi) is 3.65. The van der Waals surface area contributed by atoms with E-state index in [1.165, 1.54) is 33.6 Å². The summed E-state index contributed by atoms with van der Waals surface area (Å²) in [7, 11) is 0. The van der Waals surface area contributed by atoms with Crippen LogP contribution in [0.15, 0.2) is 60.2 Å². The zero-order valence-corrected chi connectivity index (χ0v) is 15.0. The van der Waals surface area contributed by atoms with Crippen LogP contribution in [0, 0.1) is 5.92 Å². The average Bonchev–Trinajstić information content (AvgIpc) is 2.83. The molecule has 126 valence electrons. The van der Waals surface area contributed by atoms with Crippen molar-refractivity contribution in [1.29, 1.82) is 0 Å². The second-order valence-electron chi connectivity index (χ2n) is 7.30. The molecule has 2 N–H and O–H groups in total. The van der Waals surface area contributed by atoms with Crippen molar-refractivity contribution in [2.24, 2.45) is 5.92 Å². The predicted octanol–water partition coefficient (Wildman–Crippen LogP) is 4.96. The van der Waals surface area contributed by atoms with Crippen molar-refractivity contribution in [2.75, 3.05) is 12.3 Å². The van der Waals surface area contributed by atoms with Gasteiger partial charge in [-0.3, -0.25) is 4.90 Å². The molecule has 0 saturated heterocycles. The molecule has 1 aromatic heterocycles. The monoisotopic (exact) mass is 346 g/mol. The molecule has 3 aliphatic rings. The van der Waals surface area contributed by atoms with E-state index in [9.17, 15) is 0 Å². The van der Waals surface area contributed by atoms with Gasteiger partial charge in [0.1, 0.15) is 0 Å². The summed E-state index contributed by atoms with van der Waals surface area (Å²) in [6.07, 6.45) is 12.5. The van der Waals surface area contributed by atoms with Gasteiger partial charge in [0, 0.05) is 36.0 Å². The van der Waals surface area contributed by atoms with Gasteiger partial charge < -0.3 is 5.73 Å². The molecule has 3 heteroatoms. The Morgan fingerprint density at radius 1 is 1.16 bits per heavy atom. The number of anilines is 1. The molecule has 2 nitrogen and oxygen atoms in total. The Morgan fingerprint density at radius 3 is 2.92 bits per heavy atom. The minimum Gasteiger partial charge on any atom is -0.390 e. The van der Waals surface area contributed by atoms with E-state index in [4.69, 9.17) is 5.73 Å². The fourth-order valence-electron chi connectivity index (χ4n) is 4.51.